The average Bonchev–Trinajstić information content (AvgIpc) is 3.60. The number of aliphatic hydroxyl groups is 1. The van der Waals surface area contributed by atoms with Gasteiger partial charge < -0.3 is 26.0 Å². The van der Waals surface area contributed by atoms with Crippen molar-refractivity contribution < 1.29 is 23.4 Å². The lowest BCUT2D eigenvalue weighted by molar-refractivity contribution is -0.123. The molecular formula is C27H37ClF2N6O3. The van der Waals surface area contributed by atoms with E-state index < -0.39 is 28.9 Å². The average molecular weight is 567 g/mol. The monoisotopic (exact) mass is 566 g/mol. The second-order valence-electron chi connectivity index (χ2n) is 10.6. The number of carbonyl (C=O) groups is 1. The van der Waals surface area contributed by atoms with Gasteiger partial charge in [0.25, 0.3) is 0 Å². The van der Waals surface area contributed by atoms with E-state index in [1.165, 1.54) is 37.1 Å². The van der Waals surface area contributed by atoms with Gasteiger partial charge in [0.05, 0.1) is 34.1 Å². The zero-order valence-corrected chi connectivity index (χ0v) is 24.2. The van der Waals surface area contributed by atoms with Gasteiger partial charge >= 0.3 is 6.09 Å². The predicted molar refractivity (Wildman–Crippen MR) is 148 cm³/mol. The van der Waals surface area contributed by atoms with Crippen molar-refractivity contribution >= 4 is 29.1 Å². The van der Waals surface area contributed by atoms with E-state index in [0.717, 1.165) is 6.07 Å². The summed E-state index contributed by atoms with van der Waals surface area (Å²) in [4.78, 5) is 12.1. The van der Waals surface area contributed by atoms with Gasteiger partial charge in [0.15, 0.2) is 11.5 Å². The van der Waals surface area contributed by atoms with Crippen molar-refractivity contribution in [2.75, 3.05) is 20.6 Å². The van der Waals surface area contributed by atoms with Gasteiger partial charge in [-0.1, -0.05) is 25.1 Å². The van der Waals surface area contributed by atoms with E-state index in [-0.39, 0.29) is 46.8 Å². The molecule has 0 aromatic heterocycles. The van der Waals surface area contributed by atoms with Gasteiger partial charge in [-0.3, -0.25) is 0 Å². The molecule has 0 saturated heterocycles. The summed E-state index contributed by atoms with van der Waals surface area (Å²) in [6.45, 7) is 12.3. The Morgan fingerprint density at radius 1 is 1.41 bits per heavy atom. The molecule has 39 heavy (non-hydrogen) atoms. The number of hydrazone groups is 1. The molecule has 12 heteroatoms. The molecule has 1 aliphatic rings. The fraction of sp³-hybridized carbons (Fsp3) is 0.519. The van der Waals surface area contributed by atoms with Crippen molar-refractivity contribution in [1.82, 2.24) is 15.3 Å². The molecule has 1 aromatic carbocycles. The first-order valence-corrected chi connectivity index (χ1v) is 12.8. The standard InChI is InChI=1S/C27H37ClF2N6O3/c1-9-17(21(34-32)15-33-24(37)39-25(3,4)5)13-26(6,38)36(8)35(7)16(2)22-18(14-31)19(27(30)10-11-27)12-20(28)23(22)29/h12-13,38H,2,9-11,15,32H2,1,3-8H3,(H,33,37)/b17-13+,34-21-. The summed E-state index contributed by atoms with van der Waals surface area (Å²) in [7, 11) is 3.02. The van der Waals surface area contributed by atoms with Gasteiger partial charge in [0.2, 0.25) is 0 Å². The summed E-state index contributed by atoms with van der Waals surface area (Å²) in [5.74, 6) is 4.66. The van der Waals surface area contributed by atoms with Gasteiger partial charge in [0, 0.05) is 19.7 Å². The molecule has 0 heterocycles. The number of ether oxygens (including phenoxy) is 1. The zero-order chi connectivity index (χ0) is 29.9. The van der Waals surface area contributed by atoms with Crippen molar-refractivity contribution in [3.63, 3.8) is 0 Å². The first kappa shape index (κ1) is 32.0. The van der Waals surface area contributed by atoms with Crippen LogP contribution >= 0.6 is 11.6 Å². The number of alkyl halides is 1. The number of benzene rings is 1. The minimum absolute atomic E-state index is 0.0183. The molecule has 2 rings (SSSR count). The lowest BCUT2D eigenvalue weighted by Gasteiger charge is -2.41. The van der Waals surface area contributed by atoms with Crippen LogP contribution in [0.15, 0.2) is 29.4 Å². The van der Waals surface area contributed by atoms with Gasteiger partial charge in [0.1, 0.15) is 17.3 Å². The Labute approximate surface area is 233 Å². The maximum Gasteiger partial charge on any atom is 0.407 e. The minimum atomic E-state index is -1.74. The second kappa shape index (κ2) is 11.9. The number of nitriles is 1. The lowest BCUT2D eigenvalue weighted by Crippen LogP contribution is -2.50. The molecule has 1 saturated carbocycles. The molecule has 1 atom stereocenters. The van der Waals surface area contributed by atoms with Crippen LogP contribution in [0.5, 0.6) is 0 Å². The second-order valence-corrected chi connectivity index (χ2v) is 11.0. The first-order chi connectivity index (χ1) is 17.9. The van der Waals surface area contributed by atoms with Crippen LogP contribution in [0.2, 0.25) is 5.02 Å². The van der Waals surface area contributed by atoms with Crippen molar-refractivity contribution in [3.05, 3.63) is 51.8 Å². The highest BCUT2D eigenvalue weighted by Gasteiger charge is 2.48. The Bertz CT molecular complexity index is 1230. The van der Waals surface area contributed by atoms with Crippen LogP contribution in [-0.2, 0) is 10.4 Å². The summed E-state index contributed by atoms with van der Waals surface area (Å²) < 4.78 is 35.4. The van der Waals surface area contributed by atoms with Crippen molar-refractivity contribution in [3.8, 4) is 6.07 Å². The normalized spacial score (nSPS) is 16.8. The predicted octanol–water partition coefficient (Wildman–Crippen LogP) is 4.94. The van der Waals surface area contributed by atoms with Crippen LogP contribution < -0.4 is 11.2 Å². The zero-order valence-electron chi connectivity index (χ0n) is 23.5. The van der Waals surface area contributed by atoms with E-state index in [1.807, 2.05) is 13.0 Å². The summed E-state index contributed by atoms with van der Waals surface area (Å²) in [6.07, 6.45) is 1.63. The number of carbonyl (C=O) groups excluding carboxylic acids is 1. The molecule has 1 amide bonds. The third kappa shape index (κ3) is 7.47. The molecule has 0 radical (unpaired) electrons. The molecular weight excluding hydrogens is 530 g/mol. The van der Waals surface area contributed by atoms with Crippen molar-refractivity contribution in [2.45, 2.75) is 70.9 Å². The first-order valence-electron chi connectivity index (χ1n) is 12.4. The van der Waals surface area contributed by atoms with Crippen LogP contribution in [0, 0.1) is 17.1 Å². The van der Waals surface area contributed by atoms with E-state index >= 15 is 4.39 Å². The van der Waals surface area contributed by atoms with E-state index in [9.17, 15) is 19.6 Å². The van der Waals surface area contributed by atoms with Crippen LogP contribution in [-0.4, -0.2) is 58.9 Å². The summed E-state index contributed by atoms with van der Waals surface area (Å²) in [5, 5.41) is 29.9. The van der Waals surface area contributed by atoms with Crippen LogP contribution in [0.1, 0.15) is 70.6 Å². The highest BCUT2D eigenvalue weighted by molar-refractivity contribution is 6.31. The fourth-order valence-corrected chi connectivity index (χ4v) is 4.12. The Balaban J connectivity index is 2.36. The topological polar surface area (TPSA) is 127 Å². The highest BCUT2D eigenvalue weighted by Crippen LogP contribution is 2.52. The number of hydrogen-bond donors (Lipinski definition) is 3. The number of nitrogens with one attached hydrogen (secondary N) is 1. The van der Waals surface area contributed by atoms with Crippen LogP contribution in [0.4, 0.5) is 13.6 Å². The maximum atomic E-state index is 15.2. The Hall–Kier alpha value is -3.20. The highest BCUT2D eigenvalue weighted by atomic mass is 35.5. The summed E-state index contributed by atoms with van der Waals surface area (Å²) in [6, 6.07) is 3.05. The van der Waals surface area contributed by atoms with Gasteiger partial charge in [-0.25, -0.2) is 13.6 Å². The molecule has 1 fully saturated rings. The Kier molecular flexibility index (Phi) is 9.77. The molecule has 0 spiro atoms. The van der Waals surface area contributed by atoms with Gasteiger partial charge in [-0.15, -0.1) is 0 Å². The number of nitrogens with two attached hydrogens (primary N) is 1. The summed E-state index contributed by atoms with van der Waals surface area (Å²) in [5.41, 5.74) is -3.78. The minimum Gasteiger partial charge on any atom is -0.444 e. The lowest BCUT2D eigenvalue weighted by atomic mass is 9.95. The third-order valence-electron chi connectivity index (χ3n) is 6.44. The molecule has 4 N–H and O–H groups in total. The van der Waals surface area contributed by atoms with E-state index in [1.54, 1.807) is 20.8 Å². The Morgan fingerprint density at radius 3 is 2.46 bits per heavy atom. The maximum absolute atomic E-state index is 15.2. The number of halogens is 3. The molecule has 0 aliphatic heterocycles. The van der Waals surface area contributed by atoms with E-state index in [4.69, 9.17) is 22.2 Å². The molecule has 9 nitrogen and oxygen atoms in total. The van der Waals surface area contributed by atoms with Gasteiger partial charge in [-0.05, 0) is 64.7 Å². The number of nitrogens with zero attached hydrogens (tertiary/aromatic N) is 4. The van der Waals surface area contributed by atoms with E-state index in [0.29, 0.717) is 17.7 Å². The van der Waals surface area contributed by atoms with Crippen molar-refractivity contribution in [2.24, 2.45) is 10.9 Å². The number of amides is 1. The third-order valence-corrected chi connectivity index (χ3v) is 6.72. The molecule has 1 unspecified atom stereocenters. The SMILES string of the molecule is C=C(c1c(F)c(Cl)cc(C2(F)CC2)c1C#N)N(C)N(C)C(C)(O)/C=C(CC)/C(CNC(=O)OC(C)(C)C)=N\N. The number of alkyl carbamates (subject to hydrolysis) is 1. The number of hydrogen-bond acceptors (Lipinski definition) is 8. The molecule has 0 bridgehead atoms. The fourth-order valence-electron chi connectivity index (χ4n) is 3.92. The number of rotatable bonds is 10. The smallest absolute Gasteiger partial charge is 0.407 e. The molecule has 1 aromatic rings. The quantitative estimate of drug-likeness (QED) is 0.158. The van der Waals surface area contributed by atoms with Gasteiger partial charge in [-0.2, -0.15) is 15.4 Å². The molecule has 214 valence electrons. The molecule has 1 aliphatic carbocycles. The largest absolute Gasteiger partial charge is 0.444 e. The number of likely N-dealkylation sites (N-methyl/N-ethyl adjacent to an activating group) is 1. The summed E-state index contributed by atoms with van der Waals surface area (Å²) >= 11 is 6.08. The van der Waals surface area contributed by atoms with E-state index in [2.05, 4.69) is 17.0 Å². The van der Waals surface area contributed by atoms with Crippen molar-refractivity contribution in [1.29, 1.82) is 5.26 Å². The van der Waals surface area contributed by atoms with Crippen LogP contribution in [0.3, 0.4) is 0 Å². The Morgan fingerprint density at radius 2 is 2.00 bits per heavy atom. The van der Waals surface area contributed by atoms with Crippen LogP contribution in [0.25, 0.3) is 5.70 Å². The number of hydrazine groups is 1.